The van der Waals surface area contributed by atoms with Crippen molar-refractivity contribution in [3.63, 3.8) is 0 Å². The Labute approximate surface area is 140 Å². The molecule has 0 saturated carbocycles. The summed E-state index contributed by atoms with van der Waals surface area (Å²) in [5.74, 6) is -0.373. The van der Waals surface area contributed by atoms with Crippen molar-refractivity contribution in [3.05, 3.63) is 28.3 Å². The first kappa shape index (κ1) is 18.2. The topological polar surface area (TPSA) is 107 Å². The van der Waals surface area contributed by atoms with E-state index in [-0.39, 0.29) is 29.0 Å². The molecule has 8 nitrogen and oxygen atoms in total. The minimum absolute atomic E-state index is 0.0977. The van der Waals surface area contributed by atoms with Gasteiger partial charge in [0.25, 0.3) is 5.69 Å². The number of nitro benzene ring substituents is 1. The second-order valence-electron chi connectivity index (χ2n) is 5.80. The number of esters is 1. The fourth-order valence-corrected chi connectivity index (χ4v) is 3.57. The van der Waals surface area contributed by atoms with Crippen molar-refractivity contribution in [2.75, 3.05) is 24.8 Å². The number of sulfone groups is 1. The van der Waals surface area contributed by atoms with Crippen molar-refractivity contribution in [2.45, 2.75) is 36.6 Å². The van der Waals surface area contributed by atoms with Crippen molar-refractivity contribution in [1.82, 2.24) is 0 Å². The number of piperidine rings is 1. The van der Waals surface area contributed by atoms with Crippen molar-refractivity contribution in [2.24, 2.45) is 0 Å². The fourth-order valence-electron chi connectivity index (χ4n) is 2.93. The zero-order valence-electron chi connectivity index (χ0n) is 13.6. The van der Waals surface area contributed by atoms with E-state index in [4.69, 9.17) is 4.74 Å². The van der Waals surface area contributed by atoms with Crippen LogP contribution in [0.5, 0.6) is 0 Å². The number of methoxy groups -OCH3 is 1. The molecule has 1 saturated heterocycles. The molecule has 24 heavy (non-hydrogen) atoms. The van der Waals surface area contributed by atoms with Gasteiger partial charge in [-0.15, -0.1) is 0 Å². The summed E-state index contributed by atoms with van der Waals surface area (Å²) < 4.78 is 28.0. The summed E-state index contributed by atoms with van der Waals surface area (Å²) in [6, 6.07) is 3.69. The van der Waals surface area contributed by atoms with Crippen molar-refractivity contribution in [3.8, 4) is 0 Å². The van der Waals surface area contributed by atoms with Crippen LogP contribution in [0, 0.1) is 10.1 Å². The molecule has 132 valence electrons. The molecule has 0 radical (unpaired) electrons. The highest BCUT2D eigenvalue weighted by Gasteiger charge is 2.30. The van der Waals surface area contributed by atoms with Crippen LogP contribution >= 0.6 is 0 Å². The van der Waals surface area contributed by atoms with Crippen LogP contribution in [0.15, 0.2) is 23.1 Å². The molecule has 0 N–H and O–H groups in total. The highest BCUT2D eigenvalue weighted by atomic mass is 32.2. The van der Waals surface area contributed by atoms with Gasteiger partial charge < -0.3 is 9.64 Å². The zero-order chi connectivity index (χ0) is 17.9. The van der Waals surface area contributed by atoms with Gasteiger partial charge in [-0.05, 0) is 31.4 Å². The summed E-state index contributed by atoms with van der Waals surface area (Å²) >= 11 is 0. The Morgan fingerprint density at radius 2 is 2.12 bits per heavy atom. The second kappa shape index (κ2) is 7.16. The minimum atomic E-state index is -3.54. The zero-order valence-corrected chi connectivity index (χ0v) is 14.4. The monoisotopic (exact) mass is 356 g/mol. The lowest BCUT2D eigenvalue weighted by Crippen LogP contribution is -2.41. The van der Waals surface area contributed by atoms with Crippen LogP contribution in [0.2, 0.25) is 0 Å². The maximum atomic E-state index is 11.6. The predicted molar refractivity (Wildman–Crippen MR) is 87.8 cm³/mol. The molecule has 0 amide bonds. The van der Waals surface area contributed by atoms with Crippen LogP contribution in [-0.4, -0.2) is 45.3 Å². The average Bonchev–Trinajstić information content (AvgIpc) is 2.53. The van der Waals surface area contributed by atoms with E-state index in [0.29, 0.717) is 12.2 Å². The van der Waals surface area contributed by atoms with Gasteiger partial charge in [0.2, 0.25) is 0 Å². The normalized spacial score (nSPS) is 18.2. The van der Waals surface area contributed by atoms with Crippen LogP contribution in [0.1, 0.15) is 25.7 Å². The molecule has 0 aromatic heterocycles. The van der Waals surface area contributed by atoms with Crippen LogP contribution < -0.4 is 4.90 Å². The van der Waals surface area contributed by atoms with Gasteiger partial charge >= 0.3 is 5.97 Å². The van der Waals surface area contributed by atoms with Gasteiger partial charge in [-0.1, -0.05) is 0 Å². The summed E-state index contributed by atoms with van der Waals surface area (Å²) in [6.07, 6.45) is 3.64. The smallest absolute Gasteiger partial charge is 0.307 e. The van der Waals surface area contributed by atoms with E-state index in [0.717, 1.165) is 31.6 Å². The van der Waals surface area contributed by atoms with E-state index in [1.807, 2.05) is 4.90 Å². The van der Waals surface area contributed by atoms with Gasteiger partial charge in [-0.3, -0.25) is 14.9 Å². The predicted octanol–water partition coefficient (Wildman–Crippen LogP) is 1.92. The number of nitro groups is 1. The van der Waals surface area contributed by atoms with Gasteiger partial charge in [-0.25, -0.2) is 8.42 Å². The number of benzene rings is 1. The Morgan fingerprint density at radius 1 is 1.42 bits per heavy atom. The van der Waals surface area contributed by atoms with Crippen LogP contribution in [-0.2, 0) is 19.4 Å². The van der Waals surface area contributed by atoms with E-state index < -0.39 is 14.8 Å². The molecule has 2 rings (SSSR count). The first-order valence-electron chi connectivity index (χ1n) is 7.56. The van der Waals surface area contributed by atoms with E-state index >= 15 is 0 Å². The van der Waals surface area contributed by atoms with Crippen molar-refractivity contribution < 1.29 is 22.9 Å². The third kappa shape index (κ3) is 4.02. The molecule has 1 aromatic rings. The molecular formula is C15H20N2O6S. The molecule has 0 spiro atoms. The minimum Gasteiger partial charge on any atom is -0.469 e. The third-order valence-corrected chi connectivity index (χ3v) is 5.25. The Balaban J connectivity index is 2.44. The van der Waals surface area contributed by atoms with Crippen LogP contribution in [0.4, 0.5) is 11.4 Å². The fraction of sp³-hybridized carbons (Fsp3) is 0.533. The number of carbonyl (C=O) groups excluding carboxylic acids is 1. The molecule has 0 aliphatic carbocycles. The lowest BCUT2D eigenvalue weighted by atomic mass is 9.98. The standard InChI is InChI=1S/C15H20N2O6S/c1-23-15(18)9-11-5-3-4-8-16(11)13-7-6-12(24(2,21)22)10-14(13)17(19)20/h6-7,10-11H,3-5,8-9H2,1-2H3/t11-/m1/s1. The van der Waals surface area contributed by atoms with Gasteiger partial charge in [0.05, 0.1) is 23.3 Å². The van der Waals surface area contributed by atoms with Gasteiger partial charge in [0, 0.05) is 24.9 Å². The van der Waals surface area contributed by atoms with Crippen LogP contribution in [0.3, 0.4) is 0 Å². The number of hydrogen-bond acceptors (Lipinski definition) is 7. The Hall–Kier alpha value is -2.16. The first-order chi connectivity index (χ1) is 11.2. The van der Waals surface area contributed by atoms with E-state index in [2.05, 4.69) is 0 Å². The molecule has 9 heteroatoms. The molecule has 1 aromatic carbocycles. The Bertz CT molecular complexity index is 746. The molecule has 1 aliphatic rings. The number of ether oxygens (including phenoxy) is 1. The van der Waals surface area contributed by atoms with Crippen LogP contribution in [0.25, 0.3) is 0 Å². The largest absolute Gasteiger partial charge is 0.469 e. The maximum Gasteiger partial charge on any atom is 0.307 e. The summed E-state index contributed by atoms with van der Waals surface area (Å²) in [5.41, 5.74) is 0.0655. The lowest BCUT2D eigenvalue weighted by molar-refractivity contribution is -0.384. The SMILES string of the molecule is COC(=O)C[C@H]1CCCCN1c1ccc(S(C)(=O)=O)cc1[N+](=O)[O-]. The summed E-state index contributed by atoms with van der Waals surface area (Å²) in [4.78, 5) is 24.1. The van der Waals surface area contributed by atoms with Gasteiger partial charge in [-0.2, -0.15) is 0 Å². The summed E-state index contributed by atoms with van der Waals surface area (Å²) in [5, 5.41) is 11.4. The molecule has 1 aliphatic heterocycles. The van der Waals surface area contributed by atoms with Gasteiger partial charge in [0.1, 0.15) is 5.69 Å². The number of hydrogen-bond donors (Lipinski definition) is 0. The molecular weight excluding hydrogens is 336 g/mol. The van der Waals surface area contributed by atoms with Crippen molar-refractivity contribution >= 4 is 27.2 Å². The van der Waals surface area contributed by atoms with E-state index in [1.54, 1.807) is 0 Å². The highest BCUT2D eigenvalue weighted by molar-refractivity contribution is 7.90. The lowest BCUT2D eigenvalue weighted by Gasteiger charge is -2.36. The third-order valence-electron chi connectivity index (χ3n) is 4.14. The Morgan fingerprint density at radius 3 is 2.71 bits per heavy atom. The highest BCUT2D eigenvalue weighted by Crippen LogP contribution is 2.35. The Kier molecular flexibility index (Phi) is 5.43. The van der Waals surface area contributed by atoms with Gasteiger partial charge in [0.15, 0.2) is 9.84 Å². The average molecular weight is 356 g/mol. The molecule has 1 heterocycles. The maximum absolute atomic E-state index is 11.6. The quantitative estimate of drug-likeness (QED) is 0.450. The molecule has 0 unspecified atom stereocenters. The first-order valence-corrected chi connectivity index (χ1v) is 9.45. The second-order valence-corrected chi connectivity index (χ2v) is 7.82. The van der Waals surface area contributed by atoms with Crippen molar-refractivity contribution in [1.29, 1.82) is 0 Å². The number of anilines is 1. The number of nitrogens with zero attached hydrogens (tertiary/aromatic N) is 2. The molecule has 1 fully saturated rings. The summed E-state index contributed by atoms with van der Waals surface area (Å²) in [6.45, 7) is 0.570. The van der Waals surface area contributed by atoms with E-state index in [1.165, 1.54) is 19.2 Å². The molecule has 0 bridgehead atoms. The molecule has 1 atom stereocenters. The summed E-state index contributed by atoms with van der Waals surface area (Å²) in [7, 11) is -2.24. The number of rotatable bonds is 5. The number of carbonyl (C=O) groups is 1. The van der Waals surface area contributed by atoms with E-state index in [9.17, 15) is 23.3 Å².